The van der Waals surface area contributed by atoms with E-state index < -0.39 is 0 Å². The Balaban J connectivity index is 1.83. The summed E-state index contributed by atoms with van der Waals surface area (Å²) in [6, 6.07) is 12.8. The van der Waals surface area contributed by atoms with Gasteiger partial charge in [0, 0.05) is 27.0 Å². The number of carbonyl (C=O) groups is 1. The number of rotatable bonds is 3. The Bertz CT molecular complexity index is 844. The SMILES string of the molecule is O=C(Cc1cc(Cl)ccc1Cl)Nc1cncc2ccccc12. The number of pyridine rings is 1. The van der Waals surface area contributed by atoms with Crippen molar-refractivity contribution in [1.29, 1.82) is 0 Å². The number of fused-ring (bicyclic) bond motifs is 1. The maximum Gasteiger partial charge on any atom is 0.228 e. The van der Waals surface area contributed by atoms with Gasteiger partial charge in [-0.1, -0.05) is 47.5 Å². The van der Waals surface area contributed by atoms with Crippen molar-refractivity contribution in [2.24, 2.45) is 0 Å². The molecule has 3 nitrogen and oxygen atoms in total. The molecule has 0 unspecified atom stereocenters. The summed E-state index contributed by atoms with van der Waals surface area (Å²) >= 11 is 12.0. The highest BCUT2D eigenvalue weighted by atomic mass is 35.5. The molecule has 0 aliphatic rings. The molecule has 0 aliphatic carbocycles. The fraction of sp³-hybridized carbons (Fsp3) is 0.0588. The van der Waals surface area contributed by atoms with Crippen LogP contribution in [0.25, 0.3) is 10.8 Å². The second-order valence-corrected chi connectivity index (χ2v) is 5.71. The molecule has 1 amide bonds. The molecule has 0 radical (unpaired) electrons. The fourth-order valence-electron chi connectivity index (χ4n) is 2.26. The summed E-state index contributed by atoms with van der Waals surface area (Å²) in [7, 11) is 0. The van der Waals surface area contributed by atoms with Gasteiger partial charge >= 0.3 is 0 Å². The van der Waals surface area contributed by atoms with Gasteiger partial charge in [-0.25, -0.2) is 0 Å². The topological polar surface area (TPSA) is 42.0 Å². The first-order valence-electron chi connectivity index (χ1n) is 6.70. The third-order valence-corrected chi connectivity index (χ3v) is 3.90. The van der Waals surface area contributed by atoms with E-state index in [2.05, 4.69) is 10.3 Å². The number of carbonyl (C=O) groups excluding carboxylic acids is 1. The molecule has 5 heteroatoms. The van der Waals surface area contributed by atoms with Crippen LogP contribution in [0.2, 0.25) is 10.0 Å². The Labute approximate surface area is 137 Å². The zero-order chi connectivity index (χ0) is 15.5. The lowest BCUT2D eigenvalue weighted by Gasteiger charge is -2.09. The van der Waals surface area contributed by atoms with Crippen molar-refractivity contribution in [1.82, 2.24) is 4.98 Å². The molecule has 1 heterocycles. The van der Waals surface area contributed by atoms with E-state index in [0.29, 0.717) is 21.3 Å². The maximum atomic E-state index is 12.2. The van der Waals surface area contributed by atoms with E-state index in [-0.39, 0.29) is 12.3 Å². The molecule has 0 aliphatic heterocycles. The van der Waals surface area contributed by atoms with Crippen molar-refractivity contribution < 1.29 is 4.79 Å². The van der Waals surface area contributed by atoms with Crippen LogP contribution in [0.5, 0.6) is 0 Å². The van der Waals surface area contributed by atoms with E-state index in [0.717, 1.165) is 10.8 Å². The average molecular weight is 331 g/mol. The molecule has 0 saturated carbocycles. The number of amides is 1. The second-order valence-electron chi connectivity index (χ2n) is 4.87. The van der Waals surface area contributed by atoms with E-state index in [9.17, 15) is 4.79 Å². The van der Waals surface area contributed by atoms with Crippen LogP contribution < -0.4 is 5.32 Å². The number of nitrogens with one attached hydrogen (secondary N) is 1. The minimum atomic E-state index is -0.165. The van der Waals surface area contributed by atoms with Crippen molar-refractivity contribution in [3.05, 3.63) is 70.5 Å². The number of aromatic nitrogens is 1. The van der Waals surface area contributed by atoms with Crippen LogP contribution >= 0.6 is 23.2 Å². The zero-order valence-corrected chi connectivity index (χ0v) is 13.0. The van der Waals surface area contributed by atoms with E-state index in [1.165, 1.54) is 0 Å². The van der Waals surface area contributed by atoms with Crippen molar-refractivity contribution in [3.8, 4) is 0 Å². The molecule has 110 valence electrons. The summed E-state index contributed by atoms with van der Waals surface area (Å²) in [4.78, 5) is 16.4. The third-order valence-electron chi connectivity index (χ3n) is 3.30. The highest BCUT2D eigenvalue weighted by Gasteiger charge is 2.10. The minimum absolute atomic E-state index is 0.155. The number of halogens is 2. The molecule has 0 atom stereocenters. The highest BCUT2D eigenvalue weighted by Crippen LogP contribution is 2.24. The third kappa shape index (κ3) is 3.21. The predicted molar refractivity (Wildman–Crippen MR) is 90.5 cm³/mol. The van der Waals surface area contributed by atoms with Gasteiger partial charge in [-0.2, -0.15) is 0 Å². The Morgan fingerprint density at radius 3 is 2.77 bits per heavy atom. The first-order valence-corrected chi connectivity index (χ1v) is 7.45. The van der Waals surface area contributed by atoms with Gasteiger partial charge in [0.1, 0.15) is 0 Å². The van der Waals surface area contributed by atoms with Crippen LogP contribution in [0.4, 0.5) is 5.69 Å². The molecule has 22 heavy (non-hydrogen) atoms. The molecular weight excluding hydrogens is 319 g/mol. The number of hydrogen-bond acceptors (Lipinski definition) is 2. The molecular formula is C17H12Cl2N2O. The highest BCUT2D eigenvalue weighted by molar-refractivity contribution is 6.33. The number of nitrogens with zero attached hydrogens (tertiary/aromatic N) is 1. The van der Waals surface area contributed by atoms with Crippen LogP contribution in [0.1, 0.15) is 5.56 Å². The number of benzene rings is 2. The first-order chi connectivity index (χ1) is 10.6. The van der Waals surface area contributed by atoms with Gasteiger partial charge in [-0.05, 0) is 23.8 Å². The van der Waals surface area contributed by atoms with Crippen molar-refractivity contribution in [3.63, 3.8) is 0 Å². The summed E-state index contributed by atoms with van der Waals surface area (Å²) in [6.45, 7) is 0. The molecule has 0 fully saturated rings. The summed E-state index contributed by atoms with van der Waals surface area (Å²) in [5.74, 6) is -0.165. The van der Waals surface area contributed by atoms with Gasteiger partial charge in [0.05, 0.1) is 18.3 Å². The molecule has 1 aromatic heterocycles. The van der Waals surface area contributed by atoms with Crippen LogP contribution in [0.15, 0.2) is 54.9 Å². The Hall–Kier alpha value is -2.10. The Morgan fingerprint density at radius 1 is 1.09 bits per heavy atom. The van der Waals surface area contributed by atoms with Gasteiger partial charge < -0.3 is 5.32 Å². The maximum absolute atomic E-state index is 12.2. The lowest BCUT2D eigenvalue weighted by molar-refractivity contribution is -0.115. The smallest absolute Gasteiger partial charge is 0.228 e. The Morgan fingerprint density at radius 2 is 1.91 bits per heavy atom. The van der Waals surface area contributed by atoms with Crippen molar-refractivity contribution >= 4 is 45.6 Å². The standard InChI is InChI=1S/C17H12Cl2N2O/c18-13-5-6-15(19)12(7-13)8-17(22)21-16-10-20-9-11-3-1-2-4-14(11)16/h1-7,9-10H,8H2,(H,21,22). The van der Waals surface area contributed by atoms with Crippen LogP contribution in [0, 0.1) is 0 Å². The van der Waals surface area contributed by atoms with Crippen LogP contribution in [0.3, 0.4) is 0 Å². The molecule has 2 aromatic carbocycles. The largest absolute Gasteiger partial charge is 0.324 e. The lowest BCUT2D eigenvalue weighted by Crippen LogP contribution is -2.15. The van der Waals surface area contributed by atoms with Gasteiger partial charge in [0.2, 0.25) is 5.91 Å². The first kappa shape index (κ1) is 14.8. The van der Waals surface area contributed by atoms with E-state index >= 15 is 0 Å². The van der Waals surface area contributed by atoms with Crippen molar-refractivity contribution in [2.45, 2.75) is 6.42 Å². The van der Waals surface area contributed by atoms with Crippen LogP contribution in [-0.2, 0) is 11.2 Å². The molecule has 1 N–H and O–H groups in total. The number of anilines is 1. The molecule has 0 spiro atoms. The monoisotopic (exact) mass is 330 g/mol. The van der Waals surface area contributed by atoms with E-state index in [4.69, 9.17) is 23.2 Å². The van der Waals surface area contributed by atoms with Gasteiger partial charge in [0.25, 0.3) is 0 Å². The molecule has 0 saturated heterocycles. The lowest BCUT2D eigenvalue weighted by atomic mass is 10.1. The fourth-order valence-corrected chi connectivity index (χ4v) is 2.64. The van der Waals surface area contributed by atoms with Crippen molar-refractivity contribution in [2.75, 3.05) is 5.32 Å². The summed E-state index contributed by atoms with van der Waals surface area (Å²) in [6.07, 6.45) is 3.56. The predicted octanol–water partition coefficient (Wildman–Crippen LogP) is 4.72. The molecule has 0 bridgehead atoms. The van der Waals surface area contributed by atoms with Crippen LogP contribution in [-0.4, -0.2) is 10.9 Å². The number of hydrogen-bond donors (Lipinski definition) is 1. The average Bonchev–Trinajstić information content (AvgIpc) is 2.51. The van der Waals surface area contributed by atoms with Gasteiger partial charge in [0.15, 0.2) is 0 Å². The summed E-state index contributed by atoms with van der Waals surface area (Å²) in [5.41, 5.74) is 1.38. The zero-order valence-electron chi connectivity index (χ0n) is 11.5. The van der Waals surface area contributed by atoms with Gasteiger partial charge in [-0.3, -0.25) is 9.78 Å². The van der Waals surface area contributed by atoms with E-state index in [1.807, 2.05) is 24.3 Å². The quantitative estimate of drug-likeness (QED) is 0.754. The minimum Gasteiger partial charge on any atom is -0.324 e. The normalized spacial score (nSPS) is 10.6. The molecule has 3 aromatic rings. The summed E-state index contributed by atoms with van der Waals surface area (Å²) < 4.78 is 0. The second kappa shape index (κ2) is 6.34. The van der Waals surface area contributed by atoms with E-state index in [1.54, 1.807) is 30.6 Å². The Kier molecular flexibility index (Phi) is 4.27. The summed E-state index contributed by atoms with van der Waals surface area (Å²) in [5, 5.41) is 5.88. The van der Waals surface area contributed by atoms with Gasteiger partial charge in [-0.15, -0.1) is 0 Å². The molecule has 3 rings (SSSR count).